The van der Waals surface area contributed by atoms with Crippen LogP contribution in [-0.4, -0.2) is 23.6 Å². The maximum Gasteiger partial charge on any atom is 0.325 e. The first kappa shape index (κ1) is 16.4. The van der Waals surface area contributed by atoms with E-state index in [9.17, 15) is 9.59 Å². The quantitative estimate of drug-likeness (QED) is 0.532. The molecule has 7 heteroatoms. The van der Waals surface area contributed by atoms with Crippen molar-refractivity contribution in [1.29, 1.82) is 0 Å². The monoisotopic (exact) mass is 358 g/mol. The number of aromatic nitrogens is 1. The fourth-order valence-electron chi connectivity index (χ4n) is 2.12. The number of para-hydroxylation sites is 1. The minimum absolute atomic E-state index is 0.0151. The number of thiazole rings is 1. The molecular weight excluding hydrogens is 344 g/mol. The zero-order valence-electron chi connectivity index (χ0n) is 12.8. The summed E-state index contributed by atoms with van der Waals surface area (Å²) in [5.74, 6) is -0.754. The lowest BCUT2D eigenvalue weighted by molar-refractivity contribution is -0.141. The molecule has 0 fully saturated rings. The predicted molar refractivity (Wildman–Crippen MR) is 95.8 cm³/mol. The number of hydrogen-bond acceptors (Lipinski definition) is 5. The molecule has 1 aromatic carbocycles. The van der Waals surface area contributed by atoms with Crippen LogP contribution in [0.4, 0.5) is 0 Å². The highest BCUT2D eigenvalue weighted by atomic mass is 32.1. The van der Waals surface area contributed by atoms with Crippen LogP contribution in [0.3, 0.4) is 0 Å². The molecule has 0 bridgehead atoms. The van der Waals surface area contributed by atoms with Gasteiger partial charge in [0, 0.05) is 11.0 Å². The van der Waals surface area contributed by atoms with Crippen LogP contribution >= 0.6 is 22.7 Å². The van der Waals surface area contributed by atoms with Crippen molar-refractivity contribution in [2.24, 2.45) is 4.99 Å². The minimum Gasteiger partial charge on any atom is -0.468 e. The third-order valence-corrected chi connectivity index (χ3v) is 5.14. The fraction of sp³-hybridized carbons (Fsp3) is 0.118. The molecule has 3 aromatic rings. The lowest BCUT2D eigenvalue weighted by Crippen LogP contribution is -2.22. The smallest absolute Gasteiger partial charge is 0.325 e. The van der Waals surface area contributed by atoms with Gasteiger partial charge in [0.1, 0.15) is 6.54 Å². The minimum atomic E-state index is -0.387. The average molecular weight is 358 g/mol. The number of hydrogen-bond donors (Lipinski definition) is 0. The number of carbonyl (C=O) groups excluding carboxylic acids is 2. The third kappa shape index (κ3) is 3.69. The molecule has 5 nitrogen and oxygen atoms in total. The van der Waals surface area contributed by atoms with Crippen molar-refractivity contribution in [3.8, 4) is 0 Å². The first-order valence-corrected chi connectivity index (χ1v) is 8.82. The molecule has 0 saturated heterocycles. The molecule has 2 heterocycles. The third-order valence-electron chi connectivity index (χ3n) is 3.24. The highest BCUT2D eigenvalue weighted by molar-refractivity contribution is 7.16. The van der Waals surface area contributed by atoms with Crippen LogP contribution in [0.25, 0.3) is 16.3 Å². The number of rotatable bonds is 4. The lowest BCUT2D eigenvalue weighted by Gasteiger charge is -2.02. The molecule has 122 valence electrons. The number of amides is 1. The first-order chi connectivity index (χ1) is 11.7. The summed E-state index contributed by atoms with van der Waals surface area (Å²) in [6, 6.07) is 11.4. The normalized spacial score (nSPS) is 12.1. The number of carbonyl (C=O) groups is 2. The standard InChI is InChI=1S/C17H14N2O3S2/c1-22-16(21)11-19-13-6-2-3-7-14(13)24-17(19)18-15(20)9-8-12-5-4-10-23-12/h2-10H,11H2,1H3. The van der Waals surface area contributed by atoms with Gasteiger partial charge in [-0.15, -0.1) is 11.3 Å². The molecule has 0 radical (unpaired) electrons. The molecule has 0 spiro atoms. The van der Waals surface area contributed by atoms with Crippen LogP contribution in [-0.2, 0) is 20.9 Å². The van der Waals surface area contributed by atoms with E-state index in [0.717, 1.165) is 15.1 Å². The van der Waals surface area contributed by atoms with E-state index in [1.165, 1.54) is 24.5 Å². The van der Waals surface area contributed by atoms with Gasteiger partial charge in [0.05, 0.1) is 17.3 Å². The Labute approximate surface area is 146 Å². The maximum absolute atomic E-state index is 12.1. The number of ether oxygens (including phenoxy) is 1. The van der Waals surface area contributed by atoms with Gasteiger partial charge in [0.15, 0.2) is 4.80 Å². The molecule has 0 unspecified atom stereocenters. The molecule has 0 atom stereocenters. The SMILES string of the molecule is COC(=O)Cn1c(=NC(=O)C=Cc2cccs2)sc2ccccc21. The molecule has 2 aromatic heterocycles. The van der Waals surface area contributed by atoms with E-state index in [4.69, 9.17) is 4.74 Å². The van der Waals surface area contributed by atoms with Crippen LogP contribution in [0.1, 0.15) is 4.88 Å². The number of nitrogens with zero attached hydrogens (tertiary/aromatic N) is 2. The Morgan fingerprint density at radius 1 is 1.25 bits per heavy atom. The second-order valence-corrected chi connectivity index (χ2v) is 6.80. The van der Waals surface area contributed by atoms with Crippen molar-refractivity contribution in [2.45, 2.75) is 6.54 Å². The second-order valence-electron chi connectivity index (χ2n) is 4.81. The van der Waals surface area contributed by atoms with Crippen molar-refractivity contribution in [2.75, 3.05) is 7.11 Å². The van der Waals surface area contributed by atoms with Crippen LogP contribution in [0.5, 0.6) is 0 Å². The van der Waals surface area contributed by atoms with Crippen molar-refractivity contribution in [3.05, 3.63) is 57.5 Å². The zero-order valence-corrected chi connectivity index (χ0v) is 14.5. The summed E-state index contributed by atoms with van der Waals surface area (Å²) in [5, 5.41) is 1.94. The van der Waals surface area contributed by atoms with Gasteiger partial charge >= 0.3 is 5.97 Å². The Bertz CT molecular complexity index is 965. The number of benzene rings is 1. The van der Waals surface area contributed by atoms with Gasteiger partial charge in [-0.05, 0) is 29.7 Å². The van der Waals surface area contributed by atoms with Crippen molar-refractivity contribution in [1.82, 2.24) is 4.57 Å². The Hall–Kier alpha value is -2.51. The molecule has 1 amide bonds. The summed E-state index contributed by atoms with van der Waals surface area (Å²) < 4.78 is 7.39. The zero-order chi connectivity index (χ0) is 16.9. The fourth-order valence-corrected chi connectivity index (χ4v) is 3.78. The van der Waals surface area contributed by atoms with Crippen LogP contribution in [0.15, 0.2) is 52.8 Å². The molecule has 0 aliphatic heterocycles. The number of methoxy groups -OCH3 is 1. The molecular formula is C17H14N2O3S2. The molecule has 0 N–H and O–H groups in total. The van der Waals surface area contributed by atoms with Crippen molar-refractivity contribution in [3.63, 3.8) is 0 Å². The molecule has 0 aliphatic rings. The van der Waals surface area contributed by atoms with Crippen LogP contribution in [0.2, 0.25) is 0 Å². The summed E-state index contributed by atoms with van der Waals surface area (Å²) >= 11 is 2.91. The van der Waals surface area contributed by atoms with Gasteiger partial charge in [0.25, 0.3) is 5.91 Å². The maximum atomic E-state index is 12.1. The van der Waals surface area contributed by atoms with Gasteiger partial charge in [-0.25, -0.2) is 0 Å². The first-order valence-electron chi connectivity index (χ1n) is 7.13. The summed E-state index contributed by atoms with van der Waals surface area (Å²) in [7, 11) is 1.34. The molecule has 3 rings (SSSR count). The van der Waals surface area contributed by atoms with E-state index < -0.39 is 0 Å². The van der Waals surface area contributed by atoms with E-state index in [1.807, 2.05) is 41.8 Å². The molecule has 0 aliphatic carbocycles. The Morgan fingerprint density at radius 2 is 2.08 bits per heavy atom. The lowest BCUT2D eigenvalue weighted by atomic mass is 10.3. The van der Waals surface area contributed by atoms with Gasteiger partial charge in [-0.2, -0.15) is 4.99 Å². The number of esters is 1. The van der Waals surface area contributed by atoms with Gasteiger partial charge in [0.2, 0.25) is 0 Å². The summed E-state index contributed by atoms with van der Waals surface area (Å²) in [6.07, 6.45) is 3.16. The molecule has 0 saturated carbocycles. The summed E-state index contributed by atoms with van der Waals surface area (Å²) in [4.78, 5) is 29.4. The van der Waals surface area contributed by atoms with Gasteiger partial charge in [-0.3, -0.25) is 9.59 Å². The van der Waals surface area contributed by atoms with E-state index >= 15 is 0 Å². The summed E-state index contributed by atoms with van der Waals surface area (Å²) in [5.41, 5.74) is 0.849. The van der Waals surface area contributed by atoms with Crippen LogP contribution in [0, 0.1) is 0 Å². The topological polar surface area (TPSA) is 60.7 Å². The van der Waals surface area contributed by atoms with Crippen LogP contribution < -0.4 is 4.80 Å². The van der Waals surface area contributed by atoms with E-state index in [2.05, 4.69) is 4.99 Å². The predicted octanol–water partition coefficient (Wildman–Crippen LogP) is 3.08. The largest absolute Gasteiger partial charge is 0.468 e. The summed E-state index contributed by atoms with van der Waals surface area (Å²) in [6.45, 7) is 0.0151. The second kappa shape index (κ2) is 7.37. The van der Waals surface area contributed by atoms with Gasteiger partial charge < -0.3 is 9.30 Å². The Kier molecular flexibility index (Phi) is 5.02. The van der Waals surface area contributed by atoms with Gasteiger partial charge in [-0.1, -0.05) is 29.5 Å². The highest BCUT2D eigenvalue weighted by Gasteiger charge is 2.10. The average Bonchev–Trinajstić information content (AvgIpc) is 3.21. The Balaban J connectivity index is 1.99. The number of fused-ring (bicyclic) bond motifs is 1. The van der Waals surface area contributed by atoms with Crippen molar-refractivity contribution < 1.29 is 14.3 Å². The number of thiophene rings is 1. The van der Waals surface area contributed by atoms with Crippen molar-refractivity contribution >= 4 is 50.8 Å². The van der Waals surface area contributed by atoms with E-state index in [-0.39, 0.29) is 18.4 Å². The van der Waals surface area contributed by atoms with E-state index in [0.29, 0.717) is 4.80 Å². The highest BCUT2D eigenvalue weighted by Crippen LogP contribution is 2.17. The van der Waals surface area contributed by atoms with E-state index in [1.54, 1.807) is 22.0 Å². The molecule has 24 heavy (non-hydrogen) atoms. The Morgan fingerprint density at radius 3 is 2.83 bits per heavy atom.